The van der Waals surface area contributed by atoms with Crippen LogP contribution in [0.4, 0.5) is 11.4 Å². The molecule has 0 aliphatic rings. The molecule has 3 rings (SSSR count). The van der Waals surface area contributed by atoms with Gasteiger partial charge in [-0.1, -0.05) is 28.1 Å². The summed E-state index contributed by atoms with van der Waals surface area (Å²) in [5, 5.41) is 8.08. The molecule has 29 heavy (non-hydrogen) atoms. The highest BCUT2D eigenvalue weighted by Gasteiger charge is 2.11. The first kappa shape index (κ1) is 20.2. The zero-order valence-corrected chi connectivity index (χ0v) is 16.8. The molecule has 3 N–H and O–H groups in total. The van der Waals surface area contributed by atoms with Gasteiger partial charge in [-0.3, -0.25) is 19.4 Å². The van der Waals surface area contributed by atoms with E-state index in [-0.39, 0.29) is 17.5 Å². The van der Waals surface area contributed by atoms with E-state index >= 15 is 0 Å². The molecule has 0 spiro atoms. The van der Waals surface area contributed by atoms with Gasteiger partial charge in [0.05, 0.1) is 5.56 Å². The standard InChI is InChI=1S/C21H17BrN4O3/c22-16-4-8-18(9-5-16)26-21(29)19-10-3-15(12-24-19)20(28)25-17-6-1-14(2-7-17)11-23-13-27/h1-10,12-13H,11H2,(H,23,27)(H,25,28)(H,26,29). The molecule has 0 saturated carbocycles. The summed E-state index contributed by atoms with van der Waals surface area (Å²) >= 11 is 3.34. The lowest BCUT2D eigenvalue weighted by Gasteiger charge is -2.08. The molecular weight excluding hydrogens is 436 g/mol. The predicted molar refractivity (Wildman–Crippen MR) is 114 cm³/mol. The van der Waals surface area contributed by atoms with Gasteiger partial charge in [-0.2, -0.15) is 0 Å². The van der Waals surface area contributed by atoms with E-state index in [1.165, 1.54) is 12.3 Å². The van der Waals surface area contributed by atoms with Crippen LogP contribution in [0.1, 0.15) is 26.4 Å². The molecule has 0 radical (unpaired) electrons. The van der Waals surface area contributed by atoms with Crippen LogP contribution < -0.4 is 16.0 Å². The summed E-state index contributed by atoms with van der Waals surface area (Å²) in [6.07, 6.45) is 1.99. The minimum Gasteiger partial charge on any atom is -0.355 e. The lowest BCUT2D eigenvalue weighted by atomic mass is 10.2. The zero-order chi connectivity index (χ0) is 20.6. The van der Waals surface area contributed by atoms with Gasteiger partial charge in [-0.15, -0.1) is 0 Å². The molecule has 3 amide bonds. The molecule has 0 aliphatic heterocycles. The molecular formula is C21H17BrN4O3. The molecule has 0 bridgehead atoms. The van der Waals surface area contributed by atoms with Gasteiger partial charge in [-0.05, 0) is 54.1 Å². The van der Waals surface area contributed by atoms with Crippen molar-refractivity contribution in [2.45, 2.75) is 6.54 Å². The number of nitrogens with zero attached hydrogens (tertiary/aromatic N) is 1. The normalized spacial score (nSPS) is 10.1. The van der Waals surface area contributed by atoms with Gasteiger partial charge in [0.2, 0.25) is 6.41 Å². The molecule has 2 aromatic carbocycles. The minimum absolute atomic E-state index is 0.205. The van der Waals surface area contributed by atoms with Crippen molar-refractivity contribution in [1.82, 2.24) is 10.3 Å². The maximum atomic E-state index is 12.4. The highest BCUT2D eigenvalue weighted by molar-refractivity contribution is 9.10. The molecule has 0 fully saturated rings. The van der Waals surface area contributed by atoms with Gasteiger partial charge in [0, 0.05) is 28.6 Å². The quantitative estimate of drug-likeness (QED) is 0.476. The van der Waals surface area contributed by atoms with Crippen LogP contribution in [0.5, 0.6) is 0 Å². The van der Waals surface area contributed by atoms with Gasteiger partial charge in [0.25, 0.3) is 11.8 Å². The molecule has 8 heteroatoms. The van der Waals surface area contributed by atoms with Gasteiger partial charge < -0.3 is 16.0 Å². The summed E-state index contributed by atoms with van der Waals surface area (Å²) in [4.78, 5) is 39.0. The third-order valence-electron chi connectivity index (χ3n) is 3.96. The molecule has 1 aromatic heterocycles. The molecule has 0 atom stereocenters. The maximum absolute atomic E-state index is 12.4. The summed E-state index contributed by atoms with van der Waals surface area (Å²) in [6.45, 7) is 0.422. The van der Waals surface area contributed by atoms with Crippen LogP contribution in [0.15, 0.2) is 71.3 Å². The van der Waals surface area contributed by atoms with Crippen molar-refractivity contribution in [3.63, 3.8) is 0 Å². The monoisotopic (exact) mass is 452 g/mol. The fourth-order valence-electron chi connectivity index (χ4n) is 2.46. The number of rotatable bonds is 7. The van der Waals surface area contributed by atoms with Crippen molar-refractivity contribution >= 4 is 45.5 Å². The first-order chi connectivity index (χ1) is 14.0. The summed E-state index contributed by atoms with van der Waals surface area (Å²) in [6, 6.07) is 17.3. The average molecular weight is 453 g/mol. The number of carbonyl (C=O) groups is 3. The number of aromatic nitrogens is 1. The summed E-state index contributed by atoms with van der Waals surface area (Å²) in [5.74, 6) is -0.699. The lowest BCUT2D eigenvalue weighted by Crippen LogP contribution is -2.16. The highest BCUT2D eigenvalue weighted by atomic mass is 79.9. The molecule has 7 nitrogen and oxygen atoms in total. The van der Waals surface area contributed by atoms with Gasteiger partial charge in [-0.25, -0.2) is 0 Å². The third-order valence-corrected chi connectivity index (χ3v) is 4.49. The summed E-state index contributed by atoms with van der Waals surface area (Å²) in [7, 11) is 0. The number of nitrogens with one attached hydrogen (secondary N) is 3. The lowest BCUT2D eigenvalue weighted by molar-refractivity contribution is -0.109. The Morgan fingerprint density at radius 2 is 1.48 bits per heavy atom. The Bertz CT molecular complexity index is 1000. The topological polar surface area (TPSA) is 100 Å². The van der Waals surface area contributed by atoms with E-state index in [9.17, 15) is 14.4 Å². The first-order valence-corrected chi connectivity index (χ1v) is 9.45. The minimum atomic E-state index is -0.362. The Morgan fingerprint density at radius 3 is 2.07 bits per heavy atom. The van der Waals surface area contributed by atoms with Gasteiger partial charge in [0.15, 0.2) is 0 Å². The number of hydrogen-bond acceptors (Lipinski definition) is 4. The summed E-state index contributed by atoms with van der Waals surface area (Å²) in [5.41, 5.74) is 2.71. The van der Waals surface area contributed by atoms with E-state index in [1.54, 1.807) is 42.5 Å². The Hall–Kier alpha value is -3.52. The van der Waals surface area contributed by atoms with Crippen LogP contribution in [-0.4, -0.2) is 23.2 Å². The number of benzene rings is 2. The van der Waals surface area contributed by atoms with E-state index in [2.05, 4.69) is 36.9 Å². The van der Waals surface area contributed by atoms with Gasteiger partial charge in [0.1, 0.15) is 5.69 Å². The van der Waals surface area contributed by atoms with Crippen molar-refractivity contribution in [2.75, 3.05) is 10.6 Å². The highest BCUT2D eigenvalue weighted by Crippen LogP contribution is 2.15. The van der Waals surface area contributed by atoms with Crippen molar-refractivity contribution in [1.29, 1.82) is 0 Å². The first-order valence-electron chi connectivity index (χ1n) is 8.65. The Morgan fingerprint density at radius 1 is 0.862 bits per heavy atom. The SMILES string of the molecule is O=CNCc1ccc(NC(=O)c2ccc(C(=O)Nc3ccc(Br)cc3)nc2)cc1. The fraction of sp³-hybridized carbons (Fsp3) is 0.0476. The van der Waals surface area contributed by atoms with Crippen LogP contribution in [0.3, 0.4) is 0 Å². The second-order valence-electron chi connectivity index (χ2n) is 6.04. The van der Waals surface area contributed by atoms with Crippen LogP contribution in [0, 0.1) is 0 Å². The molecule has 3 aromatic rings. The van der Waals surface area contributed by atoms with Crippen molar-refractivity contribution < 1.29 is 14.4 Å². The van der Waals surface area contributed by atoms with Crippen LogP contribution in [-0.2, 0) is 11.3 Å². The van der Waals surface area contributed by atoms with Crippen LogP contribution in [0.2, 0.25) is 0 Å². The average Bonchev–Trinajstić information content (AvgIpc) is 2.75. The van der Waals surface area contributed by atoms with E-state index in [0.29, 0.717) is 29.9 Å². The number of hydrogen-bond donors (Lipinski definition) is 3. The Balaban J connectivity index is 1.60. The number of anilines is 2. The van der Waals surface area contributed by atoms with E-state index in [4.69, 9.17) is 0 Å². The smallest absolute Gasteiger partial charge is 0.274 e. The maximum Gasteiger partial charge on any atom is 0.274 e. The van der Waals surface area contributed by atoms with Gasteiger partial charge >= 0.3 is 0 Å². The molecule has 0 aliphatic carbocycles. The van der Waals surface area contributed by atoms with E-state index < -0.39 is 0 Å². The van der Waals surface area contributed by atoms with Crippen molar-refractivity contribution in [3.8, 4) is 0 Å². The van der Waals surface area contributed by atoms with Crippen LogP contribution >= 0.6 is 15.9 Å². The molecule has 146 valence electrons. The molecule has 0 saturated heterocycles. The molecule has 1 heterocycles. The van der Waals surface area contributed by atoms with Crippen molar-refractivity contribution in [2.24, 2.45) is 0 Å². The number of carbonyl (C=O) groups excluding carboxylic acids is 3. The number of amides is 3. The molecule has 0 unspecified atom stereocenters. The second kappa shape index (κ2) is 9.61. The third kappa shape index (κ3) is 5.73. The van der Waals surface area contributed by atoms with Crippen molar-refractivity contribution in [3.05, 3.63) is 88.2 Å². The van der Waals surface area contributed by atoms with Crippen LogP contribution in [0.25, 0.3) is 0 Å². The number of pyridine rings is 1. The second-order valence-corrected chi connectivity index (χ2v) is 6.96. The fourth-order valence-corrected chi connectivity index (χ4v) is 2.72. The van der Waals surface area contributed by atoms with E-state index in [1.807, 2.05) is 12.1 Å². The zero-order valence-electron chi connectivity index (χ0n) is 15.2. The van der Waals surface area contributed by atoms with E-state index in [0.717, 1.165) is 10.0 Å². The Kier molecular flexibility index (Phi) is 6.70. The summed E-state index contributed by atoms with van der Waals surface area (Å²) < 4.78 is 0.913. The number of halogens is 1. The Labute approximate surface area is 175 Å². The largest absolute Gasteiger partial charge is 0.355 e. The predicted octanol–water partition coefficient (Wildman–Crippen LogP) is 3.59.